The zero-order valence-corrected chi connectivity index (χ0v) is 16.7. The number of carbonyl (C=O) groups is 2. The van der Waals surface area contributed by atoms with Gasteiger partial charge in [-0.15, -0.1) is 11.3 Å². The average molecular weight is 415 g/mol. The molecule has 3 aromatic rings. The van der Waals surface area contributed by atoms with Gasteiger partial charge < -0.3 is 15.4 Å². The Balaban J connectivity index is 1.77. The van der Waals surface area contributed by atoms with E-state index in [-0.39, 0.29) is 11.8 Å². The molecule has 0 aliphatic carbocycles. The first-order chi connectivity index (χ1) is 13.6. The van der Waals surface area contributed by atoms with Gasteiger partial charge in [0, 0.05) is 12.1 Å². The van der Waals surface area contributed by atoms with E-state index in [1.54, 1.807) is 30.3 Å². The number of anilines is 1. The van der Waals surface area contributed by atoms with Gasteiger partial charge in [-0.25, -0.2) is 0 Å². The molecule has 3 rings (SSSR count). The fraction of sp³-hybridized carbons (Fsp3) is 0.143. The summed E-state index contributed by atoms with van der Waals surface area (Å²) in [7, 11) is 1.52. The third kappa shape index (κ3) is 5.12. The molecule has 2 amide bonds. The largest absolute Gasteiger partial charge is 0.495 e. The predicted molar refractivity (Wildman–Crippen MR) is 112 cm³/mol. The Bertz CT molecular complexity index is 946. The van der Waals surface area contributed by atoms with E-state index in [1.807, 2.05) is 35.7 Å². The number of benzene rings is 2. The molecule has 0 saturated carbocycles. The second-order valence-corrected chi connectivity index (χ2v) is 7.39. The van der Waals surface area contributed by atoms with Gasteiger partial charge in [-0.1, -0.05) is 48.0 Å². The molecule has 0 aliphatic rings. The summed E-state index contributed by atoms with van der Waals surface area (Å²) in [6.45, 7) is 0. The molecule has 28 heavy (non-hydrogen) atoms. The molecule has 0 saturated heterocycles. The number of hydrogen-bond donors (Lipinski definition) is 2. The minimum atomic E-state index is -0.738. The van der Waals surface area contributed by atoms with E-state index >= 15 is 0 Å². The molecule has 7 heteroatoms. The normalized spacial score (nSPS) is 11.5. The van der Waals surface area contributed by atoms with Gasteiger partial charge in [0.2, 0.25) is 5.91 Å². The van der Waals surface area contributed by atoms with Crippen molar-refractivity contribution < 1.29 is 14.3 Å². The minimum absolute atomic E-state index is 0.279. The van der Waals surface area contributed by atoms with Crippen LogP contribution in [0, 0.1) is 0 Å². The molecule has 5 nitrogen and oxygen atoms in total. The molecule has 1 atom stereocenters. The summed E-state index contributed by atoms with van der Waals surface area (Å²) in [5, 5.41) is 7.85. The van der Waals surface area contributed by atoms with Crippen molar-refractivity contribution in [1.29, 1.82) is 0 Å². The quantitative estimate of drug-likeness (QED) is 0.602. The average Bonchev–Trinajstić information content (AvgIpc) is 3.23. The highest BCUT2D eigenvalue weighted by molar-refractivity contribution is 7.12. The van der Waals surface area contributed by atoms with Gasteiger partial charge in [0.05, 0.1) is 17.0 Å². The monoisotopic (exact) mass is 414 g/mol. The van der Waals surface area contributed by atoms with Crippen LogP contribution in [0.2, 0.25) is 5.02 Å². The molecule has 0 bridgehead atoms. The molecule has 0 radical (unpaired) electrons. The van der Waals surface area contributed by atoms with E-state index in [0.717, 1.165) is 5.56 Å². The topological polar surface area (TPSA) is 67.4 Å². The Morgan fingerprint density at radius 3 is 2.54 bits per heavy atom. The Hall–Kier alpha value is -2.83. The van der Waals surface area contributed by atoms with Gasteiger partial charge >= 0.3 is 0 Å². The Morgan fingerprint density at radius 2 is 1.89 bits per heavy atom. The Kier molecular flexibility index (Phi) is 6.68. The number of amides is 2. The lowest BCUT2D eigenvalue weighted by molar-refractivity contribution is -0.118. The summed E-state index contributed by atoms with van der Waals surface area (Å²) in [5.41, 5.74) is 1.47. The summed E-state index contributed by atoms with van der Waals surface area (Å²) in [6.07, 6.45) is 0.369. The van der Waals surface area contributed by atoms with Crippen LogP contribution in [0.15, 0.2) is 66.0 Å². The van der Waals surface area contributed by atoms with E-state index in [9.17, 15) is 9.59 Å². The van der Waals surface area contributed by atoms with Crippen LogP contribution in [-0.4, -0.2) is 25.0 Å². The highest BCUT2D eigenvalue weighted by atomic mass is 35.5. The molecule has 2 aromatic carbocycles. The number of nitrogens with one attached hydrogen (secondary N) is 2. The molecule has 2 N–H and O–H groups in total. The molecule has 0 unspecified atom stereocenters. The second-order valence-electron chi connectivity index (χ2n) is 6.03. The second kappa shape index (κ2) is 9.39. The third-order valence-corrected chi connectivity index (χ3v) is 5.23. The van der Waals surface area contributed by atoms with Crippen LogP contribution in [0.1, 0.15) is 15.2 Å². The number of ether oxygens (including phenoxy) is 1. The first-order valence-electron chi connectivity index (χ1n) is 8.59. The lowest BCUT2D eigenvalue weighted by Gasteiger charge is -2.19. The maximum Gasteiger partial charge on any atom is 0.262 e. The van der Waals surface area contributed by atoms with Gasteiger partial charge in [-0.05, 0) is 35.2 Å². The fourth-order valence-electron chi connectivity index (χ4n) is 2.67. The molecule has 1 heterocycles. The van der Waals surface area contributed by atoms with Crippen molar-refractivity contribution in [1.82, 2.24) is 5.32 Å². The molecule has 1 aromatic heterocycles. The highest BCUT2D eigenvalue weighted by Crippen LogP contribution is 2.27. The Morgan fingerprint density at radius 1 is 1.11 bits per heavy atom. The van der Waals surface area contributed by atoms with E-state index in [0.29, 0.717) is 27.8 Å². The lowest BCUT2D eigenvalue weighted by Crippen LogP contribution is -2.45. The van der Waals surface area contributed by atoms with Crippen LogP contribution in [0.25, 0.3) is 0 Å². The molecule has 0 fully saturated rings. The lowest BCUT2D eigenvalue weighted by atomic mass is 10.0. The standard InChI is InChI=1S/C21H19ClN2O3S/c1-27-18-10-9-15(13-16(18)22)23-20(25)17(12-14-6-3-2-4-7-14)24-21(26)19-8-5-11-28-19/h2-11,13,17H,12H2,1H3,(H,23,25)(H,24,26)/t17-/m0/s1. The van der Waals surface area contributed by atoms with Gasteiger partial charge in [0.25, 0.3) is 5.91 Å². The number of methoxy groups -OCH3 is 1. The van der Waals surface area contributed by atoms with Crippen LogP contribution < -0.4 is 15.4 Å². The van der Waals surface area contributed by atoms with Crippen LogP contribution in [-0.2, 0) is 11.2 Å². The number of halogens is 1. The zero-order valence-electron chi connectivity index (χ0n) is 15.1. The Labute approximate surface area is 172 Å². The van der Waals surface area contributed by atoms with Crippen LogP contribution in [0.5, 0.6) is 5.75 Å². The first kappa shape index (κ1) is 19.9. The molecule has 0 aliphatic heterocycles. The van der Waals surface area contributed by atoms with Gasteiger partial charge in [0.1, 0.15) is 11.8 Å². The molecular formula is C21H19ClN2O3S. The molecule has 0 spiro atoms. The van der Waals surface area contributed by atoms with Gasteiger partial charge in [-0.2, -0.15) is 0 Å². The number of hydrogen-bond acceptors (Lipinski definition) is 4. The van der Waals surface area contributed by atoms with Crippen molar-refractivity contribution in [3.05, 3.63) is 81.5 Å². The fourth-order valence-corrected chi connectivity index (χ4v) is 3.55. The van der Waals surface area contributed by atoms with Crippen LogP contribution in [0.3, 0.4) is 0 Å². The van der Waals surface area contributed by atoms with E-state index in [2.05, 4.69) is 10.6 Å². The smallest absolute Gasteiger partial charge is 0.262 e. The van der Waals surface area contributed by atoms with E-state index in [1.165, 1.54) is 18.4 Å². The summed E-state index contributed by atoms with van der Waals surface area (Å²) >= 11 is 7.46. The summed E-state index contributed by atoms with van der Waals surface area (Å²) in [6, 6.07) is 17.3. The van der Waals surface area contributed by atoms with Crippen molar-refractivity contribution in [2.45, 2.75) is 12.5 Å². The highest BCUT2D eigenvalue weighted by Gasteiger charge is 2.22. The number of rotatable bonds is 7. The maximum absolute atomic E-state index is 12.9. The summed E-state index contributed by atoms with van der Waals surface area (Å²) < 4.78 is 5.12. The number of thiophene rings is 1. The van der Waals surface area contributed by atoms with E-state index in [4.69, 9.17) is 16.3 Å². The van der Waals surface area contributed by atoms with Gasteiger partial charge in [0.15, 0.2) is 0 Å². The first-order valence-corrected chi connectivity index (χ1v) is 9.85. The summed E-state index contributed by atoms with van der Waals surface area (Å²) in [5.74, 6) is -0.0830. The third-order valence-electron chi connectivity index (χ3n) is 4.07. The van der Waals surface area contributed by atoms with E-state index < -0.39 is 6.04 Å². The molecule has 144 valence electrons. The van der Waals surface area contributed by atoms with Crippen molar-refractivity contribution in [3.63, 3.8) is 0 Å². The van der Waals surface area contributed by atoms with Crippen molar-refractivity contribution in [3.8, 4) is 5.75 Å². The van der Waals surface area contributed by atoms with Gasteiger partial charge in [-0.3, -0.25) is 9.59 Å². The predicted octanol–water partition coefficient (Wildman–Crippen LogP) is 4.39. The molecular weight excluding hydrogens is 396 g/mol. The van der Waals surface area contributed by atoms with Crippen molar-refractivity contribution in [2.24, 2.45) is 0 Å². The van der Waals surface area contributed by atoms with Crippen LogP contribution in [0.4, 0.5) is 5.69 Å². The number of carbonyl (C=O) groups excluding carboxylic acids is 2. The van der Waals surface area contributed by atoms with Crippen molar-refractivity contribution >= 4 is 40.4 Å². The minimum Gasteiger partial charge on any atom is -0.495 e. The maximum atomic E-state index is 12.9. The zero-order chi connectivity index (χ0) is 19.9. The summed E-state index contributed by atoms with van der Waals surface area (Å²) in [4.78, 5) is 25.9. The van der Waals surface area contributed by atoms with Crippen molar-refractivity contribution in [2.75, 3.05) is 12.4 Å². The van der Waals surface area contributed by atoms with Crippen LogP contribution >= 0.6 is 22.9 Å². The SMILES string of the molecule is COc1ccc(NC(=O)[C@H](Cc2ccccc2)NC(=O)c2cccs2)cc1Cl.